The Kier molecular flexibility index (Phi) is 8.92. The number of para-hydroxylation sites is 2. The molecule has 12 heteroatoms. The number of pyridine rings is 1. The molecule has 3 amide bonds. The molecule has 0 saturated carbocycles. The number of hydrogen-bond donors (Lipinski definition) is 2. The van der Waals surface area contributed by atoms with Crippen LogP contribution < -0.4 is 20.4 Å². The second-order valence-electron chi connectivity index (χ2n) is 14.6. The summed E-state index contributed by atoms with van der Waals surface area (Å²) < 4.78 is 11.8. The zero-order valence-corrected chi connectivity index (χ0v) is 30.9. The van der Waals surface area contributed by atoms with Crippen molar-refractivity contribution in [2.24, 2.45) is 5.41 Å². The van der Waals surface area contributed by atoms with Crippen molar-refractivity contribution in [3.63, 3.8) is 0 Å². The molecule has 1 aliphatic carbocycles. The summed E-state index contributed by atoms with van der Waals surface area (Å²) in [5.74, 6) is 0.506. The Morgan fingerprint density at radius 3 is 2.33 bits per heavy atom. The number of fused-ring (bicyclic) bond motifs is 4. The molecule has 2 N–H and O–H groups in total. The number of nitrogens with zero attached hydrogens (tertiary/aromatic N) is 3. The molecule has 0 unspecified atom stereocenters. The molecule has 5 aromatic rings. The van der Waals surface area contributed by atoms with Crippen molar-refractivity contribution in [1.29, 1.82) is 0 Å². The number of nitrogens with one attached hydrogen (secondary N) is 2. The van der Waals surface area contributed by atoms with Gasteiger partial charge in [-0.3, -0.25) is 14.4 Å². The maximum atomic E-state index is 14.1. The summed E-state index contributed by atoms with van der Waals surface area (Å²) >= 11 is 12.5. The van der Waals surface area contributed by atoms with Crippen LogP contribution in [0.2, 0.25) is 10.0 Å². The van der Waals surface area contributed by atoms with Gasteiger partial charge < -0.3 is 29.6 Å². The van der Waals surface area contributed by atoms with Gasteiger partial charge in [0.05, 0.1) is 27.0 Å². The Bertz CT molecular complexity index is 2290. The first-order valence-electron chi connectivity index (χ1n) is 18.3. The summed E-state index contributed by atoms with van der Waals surface area (Å²) in [6, 6.07) is 23.2. The predicted molar refractivity (Wildman–Crippen MR) is 209 cm³/mol. The molecule has 0 atom stereocenters. The summed E-state index contributed by atoms with van der Waals surface area (Å²) in [5.41, 5.74) is 6.60. The molecule has 1 spiro atoms. The van der Waals surface area contributed by atoms with Crippen LogP contribution in [0.3, 0.4) is 0 Å². The van der Waals surface area contributed by atoms with Gasteiger partial charge in [0, 0.05) is 66.3 Å². The van der Waals surface area contributed by atoms with Crippen molar-refractivity contribution < 1.29 is 23.5 Å². The number of aromatic nitrogens is 1. The molecule has 3 aliphatic heterocycles. The number of anilines is 4. The van der Waals surface area contributed by atoms with E-state index in [9.17, 15) is 14.4 Å². The highest BCUT2D eigenvalue weighted by Gasteiger charge is 2.45. The van der Waals surface area contributed by atoms with E-state index in [1.807, 2.05) is 30.3 Å². The highest BCUT2D eigenvalue weighted by molar-refractivity contribution is 6.40. The lowest BCUT2D eigenvalue weighted by molar-refractivity contribution is -0.000521. The fraction of sp³-hybridized carbons (Fsp3) is 0.286. The first-order chi connectivity index (χ1) is 26.2. The van der Waals surface area contributed by atoms with Gasteiger partial charge in [0.15, 0.2) is 5.76 Å². The molecule has 2 saturated heterocycles. The van der Waals surface area contributed by atoms with Crippen LogP contribution in [-0.2, 0) is 24.0 Å². The fourth-order valence-corrected chi connectivity index (χ4v) is 8.66. The number of carbonyl (C=O) groups excluding carboxylic acids is 3. The molecular formula is C42H37Cl2N5O5. The van der Waals surface area contributed by atoms with E-state index in [1.165, 1.54) is 0 Å². The zero-order valence-electron chi connectivity index (χ0n) is 29.4. The lowest BCUT2D eigenvalue weighted by Crippen LogP contribution is -2.59. The number of carbonyl (C=O) groups is 3. The molecule has 3 aromatic carbocycles. The van der Waals surface area contributed by atoms with Crippen molar-refractivity contribution in [3.8, 4) is 11.3 Å². The van der Waals surface area contributed by atoms with Crippen LogP contribution in [0.4, 0.5) is 22.9 Å². The summed E-state index contributed by atoms with van der Waals surface area (Å²) in [4.78, 5) is 50.1. The Balaban J connectivity index is 0.917. The van der Waals surface area contributed by atoms with Crippen molar-refractivity contribution in [2.75, 3.05) is 53.3 Å². The van der Waals surface area contributed by atoms with E-state index in [2.05, 4.69) is 15.5 Å². The lowest BCUT2D eigenvalue weighted by Gasteiger charge is -2.53. The average Bonchev–Trinajstić information content (AvgIpc) is 3.79. The highest BCUT2D eigenvalue weighted by Crippen LogP contribution is 2.44. The van der Waals surface area contributed by atoms with Gasteiger partial charge >= 0.3 is 0 Å². The number of furan rings is 1. The van der Waals surface area contributed by atoms with Crippen molar-refractivity contribution >= 4 is 63.8 Å². The largest absolute Gasteiger partial charge is 0.451 e. The fourth-order valence-electron chi connectivity index (χ4n) is 8.16. The summed E-state index contributed by atoms with van der Waals surface area (Å²) in [7, 11) is 0. The SMILES string of the molecule is O=C(Nc1c(Cl)cccc1Cl)c1cc2c(o1)-c1ccccc1N(C(=O)c1ccc(NC(=O)c3cc4c(nc3N3CC5(CCOCC5)C3)CCC4)cc1)CC2. The Morgan fingerprint density at radius 2 is 1.56 bits per heavy atom. The smallest absolute Gasteiger partial charge is 0.291 e. The van der Waals surface area contributed by atoms with Gasteiger partial charge in [-0.25, -0.2) is 4.98 Å². The third-order valence-corrected chi connectivity index (χ3v) is 11.7. The van der Waals surface area contributed by atoms with E-state index in [1.54, 1.807) is 53.4 Å². The zero-order chi connectivity index (χ0) is 37.0. The van der Waals surface area contributed by atoms with Gasteiger partial charge in [0.2, 0.25) is 0 Å². The maximum absolute atomic E-state index is 14.1. The van der Waals surface area contributed by atoms with Gasteiger partial charge in [-0.2, -0.15) is 0 Å². The van der Waals surface area contributed by atoms with Crippen molar-refractivity contribution in [2.45, 2.75) is 38.5 Å². The number of halogens is 2. The third kappa shape index (κ3) is 6.32. The molecule has 10 nitrogen and oxygen atoms in total. The van der Waals surface area contributed by atoms with E-state index < -0.39 is 5.91 Å². The predicted octanol–water partition coefficient (Wildman–Crippen LogP) is 8.46. The molecule has 4 aliphatic rings. The van der Waals surface area contributed by atoms with Crippen LogP contribution in [0.1, 0.15) is 67.4 Å². The molecule has 274 valence electrons. The number of rotatable bonds is 6. The van der Waals surface area contributed by atoms with Crippen LogP contribution in [0, 0.1) is 5.41 Å². The van der Waals surface area contributed by atoms with E-state index in [4.69, 9.17) is 37.3 Å². The molecule has 2 aromatic heterocycles. The van der Waals surface area contributed by atoms with Crippen LogP contribution in [0.25, 0.3) is 11.3 Å². The number of hydrogen-bond acceptors (Lipinski definition) is 7. The molecule has 0 bridgehead atoms. The summed E-state index contributed by atoms with van der Waals surface area (Å²) in [5, 5.41) is 6.45. The number of benzene rings is 3. The second kappa shape index (κ2) is 13.9. The van der Waals surface area contributed by atoms with E-state index in [0.717, 1.165) is 81.0 Å². The van der Waals surface area contributed by atoms with E-state index in [-0.39, 0.29) is 23.0 Å². The molecule has 54 heavy (non-hydrogen) atoms. The lowest BCUT2D eigenvalue weighted by atomic mass is 9.73. The summed E-state index contributed by atoms with van der Waals surface area (Å²) in [6.45, 7) is 3.70. The minimum atomic E-state index is -0.483. The van der Waals surface area contributed by atoms with Gasteiger partial charge in [0.1, 0.15) is 11.6 Å². The van der Waals surface area contributed by atoms with Crippen molar-refractivity contribution in [3.05, 3.63) is 123 Å². The minimum Gasteiger partial charge on any atom is -0.451 e. The molecule has 9 rings (SSSR count). The van der Waals surface area contributed by atoms with Gasteiger partial charge in [-0.05, 0) is 105 Å². The Morgan fingerprint density at radius 1 is 0.796 bits per heavy atom. The van der Waals surface area contributed by atoms with Crippen molar-refractivity contribution in [1.82, 2.24) is 4.98 Å². The van der Waals surface area contributed by atoms with Crippen LogP contribution in [0.15, 0.2) is 83.3 Å². The number of aryl methyl sites for hydroxylation is 2. The highest BCUT2D eigenvalue weighted by atomic mass is 35.5. The molecule has 0 radical (unpaired) electrons. The normalized spacial score (nSPS) is 16.9. The van der Waals surface area contributed by atoms with Crippen LogP contribution in [0.5, 0.6) is 0 Å². The van der Waals surface area contributed by atoms with E-state index in [0.29, 0.717) is 62.5 Å². The summed E-state index contributed by atoms with van der Waals surface area (Å²) in [6.07, 6.45) is 5.44. The van der Waals surface area contributed by atoms with Gasteiger partial charge in [-0.1, -0.05) is 41.4 Å². The van der Waals surface area contributed by atoms with Gasteiger partial charge in [0.25, 0.3) is 17.7 Å². The monoisotopic (exact) mass is 761 g/mol. The van der Waals surface area contributed by atoms with Crippen LogP contribution >= 0.6 is 23.2 Å². The average molecular weight is 763 g/mol. The standard InChI is InChI=1S/C42H37Cl2N5O5/c43-31-7-4-8-32(44)36(31)47-40(51)35-22-27-15-18-49(34-10-2-1-6-29(34)37(27)54-35)41(52)25-11-13-28(14-12-25)45-39(50)30-21-26-5-3-9-33(26)46-38(30)48-23-42(24-48)16-19-53-20-17-42/h1-2,4,6-8,10-14,21-22H,3,5,9,15-20,23-24H2,(H,45,50)(H,47,51). The number of amides is 3. The topological polar surface area (TPSA) is 117 Å². The second-order valence-corrected chi connectivity index (χ2v) is 15.4. The maximum Gasteiger partial charge on any atom is 0.291 e. The molecule has 5 heterocycles. The first kappa shape index (κ1) is 34.6. The molecule has 2 fully saturated rings. The third-order valence-electron chi connectivity index (χ3n) is 11.1. The Labute approximate surface area is 322 Å². The minimum absolute atomic E-state index is 0.110. The first-order valence-corrected chi connectivity index (χ1v) is 19.1. The van der Waals surface area contributed by atoms with Gasteiger partial charge in [-0.15, -0.1) is 0 Å². The van der Waals surface area contributed by atoms with Crippen LogP contribution in [-0.4, -0.2) is 55.6 Å². The number of ether oxygens (including phenoxy) is 1. The Hall–Kier alpha value is -5.16. The quantitative estimate of drug-likeness (QED) is 0.178. The van der Waals surface area contributed by atoms with E-state index >= 15 is 0 Å². The molecular weight excluding hydrogens is 725 g/mol.